The van der Waals surface area contributed by atoms with Crippen molar-refractivity contribution in [3.8, 4) is 0 Å². The van der Waals surface area contributed by atoms with Gasteiger partial charge < -0.3 is 14.6 Å². The van der Waals surface area contributed by atoms with E-state index in [2.05, 4.69) is 0 Å². The molecule has 2 rings (SSSR count). The second-order valence-corrected chi connectivity index (χ2v) is 5.67. The number of ether oxygens (including phenoxy) is 2. The summed E-state index contributed by atoms with van der Waals surface area (Å²) in [6, 6.07) is 8.86. The molecule has 1 unspecified atom stereocenters. The van der Waals surface area contributed by atoms with Gasteiger partial charge in [0.2, 0.25) is 0 Å². The van der Waals surface area contributed by atoms with Crippen molar-refractivity contribution in [1.82, 2.24) is 0 Å². The summed E-state index contributed by atoms with van der Waals surface area (Å²) in [4.78, 5) is 12.0. The average Bonchev–Trinajstić information content (AvgIpc) is 2.70. The van der Waals surface area contributed by atoms with E-state index < -0.39 is 11.7 Å². The van der Waals surface area contributed by atoms with Crippen LogP contribution in [0.2, 0.25) is 0 Å². The second-order valence-electron chi connectivity index (χ2n) is 5.67. The molecule has 4 nitrogen and oxygen atoms in total. The molecule has 0 saturated carbocycles. The van der Waals surface area contributed by atoms with Gasteiger partial charge in [0, 0.05) is 0 Å². The first-order valence-corrected chi connectivity index (χ1v) is 7.04. The molecular weight excluding hydrogens is 256 g/mol. The summed E-state index contributed by atoms with van der Waals surface area (Å²) in [5.41, 5.74) is -0.0466. The van der Waals surface area contributed by atoms with Crippen LogP contribution in [-0.4, -0.2) is 30.1 Å². The molecule has 1 aliphatic heterocycles. The molecule has 0 amide bonds. The molecule has 1 aliphatic rings. The van der Waals surface area contributed by atoms with Crippen LogP contribution in [0.4, 0.5) is 0 Å². The van der Waals surface area contributed by atoms with Crippen molar-refractivity contribution in [3.05, 3.63) is 35.9 Å². The molecule has 0 radical (unpaired) electrons. The topological polar surface area (TPSA) is 55.8 Å². The molecule has 1 N–H and O–H groups in total. The number of benzene rings is 1. The maximum atomic E-state index is 12.0. The van der Waals surface area contributed by atoms with Crippen LogP contribution < -0.4 is 0 Å². The highest BCUT2D eigenvalue weighted by Gasteiger charge is 2.50. The molecule has 1 fully saturated rings. The summed E-state index contributed by atoms with van der Waals surface area (Å²) in [6.07, 6.45) is -0.0584. The van der Waals surface area contributed by atoms with Gasteiger partial charge in [-0.25, -0.2) is 4.79 Å². The van der Waals surface area contributed by atoms with E-state index in [-0.39, 0.29) is 24.6 Å². The molecule has 20 heavy (non-hydrogen) atoms. The van der Waals surface area contributed by atoms with Crippen LogP contribution in [0.15, 0.2) is 30.3 Å². The van der Waals surface area contributed by atoms with E-state index in [1.54, 1.807) is 24.3 Å². The van der Waals surface area contributed by atoms with Crippen molar-refractivity contribution in [3.63, 3.8) is 0 Å². The quantitative estimate of drug-likeness (QED) is 0.860. The Hall–Kier alpha value is -1.39. The zero-order valence-corrected chi connectivity index (χ0v) is 12.2. The van der Waals surface area contributed by atoms with E-state index in [4.69, 9.17) is 9.47 Å². The van der Waals surface area contributed by atoms with Crippen LogP contribution in [0.25, 0.3) is 0 Å². The lowest BCUT2D eigenvalue weighted by Gasteiger charge is -2.30. The molecule has 0 spiro atoms. The van der Waals surface area contributed by atoms with Crippen LogP contribution in [-0.2, 0) is 9.47 Å². The first kappa shape index (κ1) is 15.0. The van der Waals surface area contributed by atoms with Crippen molar-refractivity contribution in [2.45, 2.75) is 39.6 Å². The normalized spacial score (nSPS) is 33.1. The number of aliphatic hydroxyl groups is 1. The number of hydrogen-bond donors (Lipinski definition) is 1. The lowest BCUT2D eigenvalue weighted by molar-refractivity contribution is -0.142. The van der Waals surface area contributed by atoms with E-state index in [0.29, 0.717) is 5.56 Å². The van der Waals surface area contributed by atoms with Gasteiger partial charge in [-0.05, 0) is 24.5 Å². The smallest absolute Gasteiger partial charge is 0.338 e. The average molecular weight is 278 g/mol. The SMILES string of the molecule is CC[C@H]1OC(O)[C@](C)(COC(=O)c2ccccc2)[C@@H]1C. The Morgan fingerprint density at radius 2 is 2.05 bits per heavy atom. The van der Waals surface area contributed by atoms with Crippen molar-refractivity contribution < 1.29 is 19.4 Å². The summed E-state index contributed by atoms with van der Waals surface area (Å²) in [5.74, 6) is -0.239. The number of hydrogen-bond acceptors (Lipinski definition) is 4. The Labute approximate surface area is 119 Å². The maximum Gasteiger partial charge on any atom is 0.338 e. The minimum atomic E-state index is -0.897. The fraction of sp³-hybridized carbons (Fsp3) is 0.562. The third kappa shape index (κ3) is 2.72. The molecule has 1 saturated heterocycles. The number of carbonyl (C=O) groups excluding carboxylic acids is 1. The van der Waals surface area contributed by atoms with Gasteiger partial charge in [0.05, 0.1) is 17.1 Å². The van der Waals surface area contributed by atoms with Crippen LogP contribution in [0.3, 0.4) is 0 Å². The number of esters is 1. The van der Waals surface area contributed by atoms with Gasteiger partial charge in [0.15, 0.2) is 6.29 Å². The van der Waals surface area contributed by atoms with Crippen LogP contribution >= 0.6 is 0 Å². The zero-order chi connectivity index (χ0) is 14.8. The number of carbonyl (C=O) groups is 1. The van der Waals surface area contributed by atoms with Gasteiger partial charge in [-0.2, -0.15) is 0 Å². The van der Waals surface area contributed by atoms with Gasteiger partial charge in [0.1, 0.15) is 6.61 Å². The molecule has 1 aromatic carbocycles. The van der Waals surface area contributed by atoms with E-state index in [9.17, 15) is 9.90 Å². The summed E-state index contributed by atoms with van der Waals surface area (Å²) in [7, 11) is 0. The highest BCUT2D eigenvalue weighted by atomic mass is 16.6. The predicted molar refractivity (Wildman–Crippen MR) is 75.2 cm³/mol. The third-order valence-electron chi connectivity index (χ3n) is 4.39. The van der Waals surface area contributed by atoms with Crippen molar-refractivity contribution in [1.29, 1.82) is 0 Å². The molecule has 4 atom stereocenters. The molecule has 0 aliphatic carbocycles. The Balaban J connectivity index is 2.01. The van der Waals surface area contributed by atoms with Gasteiger partial charge >= 0.3 is 5.97 Å². The molecule has 1 heterocycles. The Morgan fingerprint density at radius 3 is 2.60 bits per heavy atom. The van der Waals surface area contributed by atoms with Crippen molar-refractivity contribution in [2.75, 3.05) is 6.61 Å². The molecule has 0 aromatic heterocycles. The standard InChI is InChI=1S/C16H22O4/c1-4-13-11(2)16(3,15(18)20-13)10-19-14(17)12-8-6-5-7-9-12/h5-9,11,13,15,18H,4,10H2,1-3H3/t11-,13-,15?,16-/m1/s1. The fourth-order valence-electron chi connectivity index (χ4n) is 2.62. The highest BCUT2D eigenvalue weighted by Crippen LogP contribution is 2.43. The Bertz CT molecular complexity index is 459. The minimum absolute atomic E-state index is 0.00503. The number of aliphatic hydroxyl groups excluding tert-OH is 1. The lowest BCUT2D eigenvalue weighted by atomic mass is 9.77. The first-order chi connectivity index (χ1) is 9.49. The fourth-order valence-corrected chi connectivity index (χ4v) is 2.62. The van der Waals surface area contributed by atoms with E-state index in [1.165, 1.54) is 0 Å². The maximum absolute atomic E-state index is 12.0. The molecule has 4 heteroatoms. The minimum Gasteiger partial charge on any atom is -0.461 e. The monoisotopic (exact) mass is 278 g/mol. The van der Waals surface area contributed by atoms with Crippen LogP contribution in [0, 0.1) is 11.3 Å². The van der Waals surface area contributed by atoms with Crippen molar-refractivity contribution >= 4 is 5.97 Å². The molecule has 110 valence electrons. The van der Waals surface area contributed by atoms with Gasteiger partial charge in [-0.1, -0.05) is 39.0 Å². The highest BCUT2D eigenvalue weighted by molar-refractivity contribution is 5.89. The predicted octanol–water partition coefficient (Wildman–Crippen LogP) is 2.61. The molecule has 0 bridgehead atoms. The summed E-state index contributed by atoms with van der Waals surface area (Å²) >= 11 is 0. The third-order valence-corrected chi connectivity index (χ3v) is 4.39. The van der Waals surface area contributed by atoms with Crippen molar-refractivity contribution in [2.24, 2.45) is 11.3 Å². The summed E-state index contributed by atoms with van der Waals surface area (Å²) in [5, 5.41) is 10.1. The zero-order valence-electron chi connectivity index (χ0n) is 12.2. The second kappa shape index (κ2) is 5.94. The van der Waals surface area contributed by atoms with Gasteiger partial charge in [0.25, 0.3) is 0 Å². The van der Waals surface area contributed by atoms with Gasteiger partial charge in [-0.3, -0.25) is 0 Å². The number of rotatable bonds is 4. The molecule has 1 aromatic rings. The summed E-state index contributed by atoms with van der Waals surface area (Å²) < 4.78 is 10.9. The van der Waals surface area contributed by atoms with Crippen LogP contribution in [0.5, 0.6) is 0 Å². The lowest BCUT2D eigenvalue weighted by Crippen LogP contribution is -2.38. The van der Waals surface area contributed by atoms with Crippen LogP contribution in [0.1, 0.15) is 37.6 Å². The van der Waals surface area contributed by atoms with E-state index in [0.717, 1.165) is 6.42 Å². The first-order valence-electron chi connectivity index (χ1n) is 7.04. The van der Waals surface area contributed by atoms with Gasteiger partial charge in [-0.15, -0.1) is 0 Å². The Kier molecular flexibility index (Phi) is 4.45. The Morgan fingerprint density at radius 1 is 1.40 bits per heavy atom. The van der Waals surface area contributed by atoms with E-state index in [1.807, 2.05) is 26.8 Å². The molecular formula is C16H22O4. The van der Waals surface area contributed by atoms with E-state index >= 15 is 0 Å². The largest absolute Gasteiger partial charge is 0.461 e. The summed E-state index contributed by atoms with van der Waals surface area (Å²) in [6.45, 7) is 6.10.